The van der Waals surface area contributed by atoms with E-state index in [4.69, 9.17) is 18.9 Å². The first-order valence-electron chi connectivity index (χ1n) is 14.7. The normalized spacial score (nSPS) is 33.6. The fourth-order valence-electron chi connectivity index (χ4n) is 8.51. The standard InChI is InChI=1S/C33H39NO6/c1-33-12-10-23-22-9-7-21(15-19(22)6-8-24(23)25(33)17-27(35)32(33)36)38-14-4-5-26-29-20(11-13-34(26)2)16-28-30(31(29)37-3)40-18-39-28/h7,9,15-16,23-27,32,35-36H,6,8,10-14,17-18H2,1-3H3/t23-,24+,25+,26-,27-,32-,33-/m0/s1. The molecule has 40 heavy (non-hydrogen) atoms. The molecule has 3 aliphatic carbocycles. The van der Waals surface area contributed by atoms with E-state index >= 15 is 0 Å². The minimum atomic E-state index is -0.595. The number of nitrogens with zero attached hydrogens (tertiary/aromatic N) is 1. The smallest absolute Gasteiger partial charge is 0.231 e. The van der Waals surface area contributed by atoms with Gasteiger partial charge >= 0.3 is 0 Å². The summed E-state index contributed by atoms with van der Waals surface area (Å²) in [5.41, 5.74) is 4.90. The molecule has 7 heteroatoms. The molecule has 0 aromatic heterocycles. The number of benzene rings is 2. The van der Waals surface area contributed by atoms with Crippen LogP contribution in [0.1, 0.15) is 66.8 Å². The van der Waals surface area contributed by atoms with Crippen LogP contribution in [0, 0.1) is 29.1 Å². The molecule has 2 saturated carbocycles. The molecule has 7 nitrogen and oxygen atoms in total. The van der Waals surface area contributed by atoms with Gasteiger partial charge < -0.3 is 29.2 Å². The monoisotopic (exact) mass is 545 g/mol. The minimum absolute atomic E-state index is 0.109. The lowest BCUT2D eigenvalue weighted by Gasteiger charge is -2.49. The highest BCUT2D eigenvalue weighted by Crippen LogP contribution is 2.61. The third-order valence-corrected chi connectivity index (χ3v) is 10.6. The molecule has 2 N–H and O–H groups in total. The van der Waals surface area contributed by atoms with Gasteiger partial charge in [0, 0.05) is 12.1 Å². The first kappa shape index (κ1) is 26.0. The average molecular weight is 546 g/mol. The van der Waals surface area contributed by atoms with Gasteiger partial charge in [-0.1, -0.05) is 24.8 Å². The van der Waals surface area contributed by atoms with Gasteiger partial charge in [-0.3, -0.25) is 4.90 Å². The molecule has 212 valence electrons. The fraction of sp³-hybridized carbons (Fsp3) is 0.576. The molecule has 7 atom stereocenters. The van der Waals surface area contributed by atoms with E-state index in [-0.39, 0.29) is 18.2 Å². The fourth-order valence-corrected chi connectivity index (χ4v) is 8.51. The molecule has 2 aromatic rings. The summed E-state index contributed by atoms with van der Waals surface area (Å²) >= 11 is 0. The van der Waals surface area contributed by atoms with Gasteiger partial charge in [-0.05, 0) is 104 Å². The number of hydrogen-bond acceptors (Lipinski definition) is 7. The Morgan fingerprint density at radius 3 is 2.85 bits per heavy atom. The minimum Gasteiger partial charge on any atom is -0.492 e. The predicted molar refractivity (Wildman–Crippen MR) is 150 cm³/mol. The summed E-state index contributed by atoms with van der Waals surface area (Å²) in [6, 6.07) is 8.49. The highest BCUT2D eigenvalue weighted by molar-refractivity contribution is 5.63. The second kappa shape index (κ2) is 9.87. The van der Waals surface area contributed by atoms with Crippen LogP contribution >= 0.6 is 0 Å². The second-order valence-electron chi connectivity index (χ2n) is 12.5. The predicted octanol–water partition coefficient (Wildman–Crippen LogP) is 4.22. The van der Waals surface area contributed by atoms with Crippen molar-refractivity contribution in [1.29, 1.82) is 0 Å². The molecule has 2 aromatic carbocycles. The van der Waals surface area contributed by atoms with E-state index < -0.39 is 12.2 Å². The molecule has 2 aliphatic heterocycles. The molecular weight excluding hydrogens is 506 g/mol. The molecular formula is C33H39NO6. The zero-order valence-electron chi connectivity index (χ0n) is 23.6. The highest BCUT2D eigenvalue weighted by atomic mass is 16.7. The lowest BCUT2D eigenvalue weighted by molar-refractivity contribution is -0.0505. The quantitative estimate of drug-likeness (QED) is 0.559. The Labute approximate surface area is 236 Å². The first-order chi connectivity index (χ1) is 19.4. The Kier molecular flexibility index (Phi) is 6.42. The number of ether oxygens (including phenoxy) is 4. The average Bonchev–Trinajstić information content (AvgIpc) is 3.52. The van der Waals surface area contributed by atoms with Gasteiger partial charge in [-0.15, -0.1) is 0 Å². The van der Waals surface area contributed by atoms with E-state index in [0.29, 0.717) is 30.1 Å². The van der Waals surface area contributed by atoms with E-state index in [9.17, 15) is 10.2 Å². The van der Waals surface area contributed by atoms with Crippen LogP contribution in [0.4, 0.5) is 0 Å². The van der Waals surface area contributed by atoms with Crippen molar-refractivity contribution in [3.8, 4) is 34.8 Å². The summed E-state index contributed by atoms with van der Waals surface area (Å²) in [5.74, 6) is 11.1. The summed E-state index contributed by atoms with van der Waals surface area (Å²) < 4.78 is 23.2. The summed E-state index contributed by atoms with van der Waals surface area (Å²) in [4.78, 5) is 2.24. The largest absolute Gasteiger partial charge is 0.492 e. The van der Waals surface area contributed by atoms with Gasteiger partial charge in [-0.2, -0.15) is 0 Å². The molecule has 0 saturated heterocycles. The summed E-state index contributed by atoms with van der Waals surface area (Å²) in [5, 5.41) is 21.1. The van der Waals surface area contributed by atoms with E-state index in [0.717, 1.165) is 67.9 Å². The van der Waals surface area contributed by atoms with Crippen molar-refractivity contribution in [3.63, 3.8) is 0 Å². The summed E-state index contributed by atoms with van der Waals surface area (Å²) in [7, 11) is 3.76. The van der Waals surface area contributed by atoms with Gasteiger partial charge in [-0.25, -0.2) is 0 Å². The number of likely N-dealkylation sites (N-methyl/N-ethyl adjacent to an activating group) is 1. The van der Waals surface area contributed by atoms with Crippen LogP contribution < -0.4 is 18.9 Å². The lowest BCUT2D eigenvalue weighted by atomic mass is 9.55. The van der Waals surface area contributed by atoms with E-state index in [1.165, 1.54) is 16.7 Å². The van der Waals surface area contributed by atoms with Gasteiger partial charge in [0.25, 0.3) is 0 Å². The molecule has 5 aliphatic rings. The summed E-state index contributed by atoms with van der Waals surface area (Å²) in [6.07, 6.45) is 4.61. The van der Waals surface area contributed by atoms with Gasteiger partial charge in [0.2, 0.25) is 12.5 Å². The third kappa shape index (κ3) is 3.99. The van der Waals surface area contributed by atoms with Crippen molar-refractivity contribution in [1.82, 2.24) is 4.90 Å². The van der Waals surface area contributed by atoms with Crippen molar-refractivity contribution in [2.24, 2.45) is 17.3 Å². The second-order valence-corrected chi connectivity index (χ2v) is 12.5. The van der Waals surface area contributed by atoms with Crippen LogP contribution in [0.15, 0.2) is 24.3 Å². The van der Waals surface area contributed by atoms with E-state index in [2.05, 4.69) is 55.0 Å². The number of rotatable bonds is 3. The first-order valence-corrected chi connectivity index (χ1v) is 14.7. The maximum atomic E-state index is 10.7. The van der Waals surface area contributed by atoms with Crippen LogP contribution in [0.2, 0.25) is 0 Å². The zero-order valence-corrected chi connectivity index (χ0v) is 23.6. The Morgan fingerprint density at radius 1 is 1.12 bits per heavy atom. The highest BCUT2D eigenvalue weighted by Gasteiger charge is 2.57. The number of aryl methyl sites for hydroxylation is 1. The molecule has 0 unspecified atom stereocenters. The van der Waals surface area contributed by atoms with Crippen LogP contribution in [0.5, 0.6) is 23.0 Å². The van der Waals surface area contributed by atoms with Gasteiger partial charge in [0.1, 0.15) is 18.4 Å². The van der Waals surface area contributed by atoms with Gasteiger partial charge in [0.15, 0.2) is 11.5 Å². The Hall–Kier alpha value is -2.92. The topological polar surface area (TPSA) is 80.6 Å². The van der Waals surface area contributed by atoms with Crippen molar-refractivity contribution < 1.29 is 29.2 Å². The zero-order chi connectivity index (χ0) is 27.6. The molecule has 0 amide bonds. The van der Waals surface area contributed by atoms with E-state index in [1.807, 2.05) is 0 Å². The Bertz CT molecular complexity index is 1380. The maximum Gasteiger partial charge on any atom is 0.231 e. The summed E-state index contributed by atoms with van der Waals surface area (Å²) in [6.45, 7) is 3.62. The third-order valence-electron chi connectivity index (χ3n) is 10.6. The molecule has 2 heterocycles. The van der Waals surface area contributed by atoms with Crippen LogP contribution in [0.25, 0.3) is 0 Å². The van der Waals surface area contributed by atoms with Crippen LogP contribution in [0.3, 0.4) is 0 Å². The number of fused-ring (bicyclic) bond motifs is 7. The van der Waals surface area contributed by atoms with Gasteiger partial charge in [0.05, 0.1) is 19.3 Å². The number of hydrogen-bond donors (Lipinski definition) is 2. The number of methoxy groups -OCH3 is 1. The molecule has 7 rings (SSSR count). The Morgan fingerprint density at radius 2 is 2.00 bits per heavy atom. The Balaban J connectivity index is 1.06. The van der Waals surface area contributed by atoms with Crippen molar-refractivity contribution in [2.45, 2.75) is 69.6 Å². The van der Waals surface area contributed by atoms with E-state index in [1.54, 1.807) is 7.11 Å². The molecule has 0 radical (unpaired) electrons. The van der Waals surface area contributed by atoms with Crippen molar-refractivity contribution >= 4 is 0 Å². The number of aliphatic hydroxyl groups is 2. The SMILES string of the molecule is COc1c2c(cc3c1[C@H](C#CCOc1ccc4c(c1)CC[C@H]1[C@H]5C[C@H](O)[C@H](O)[C@@]5(C)CC[C@@H]41)N(C)CC3)OCO2. The molecule has 0 spiro atoms. The maximum absolute atomic E-state index is 10.7. The lowest BCUT2D eigenvalue weighted by Crippen LogP contribution is -2.44. The van der Waals surface area contributed by atoms with Crippen LogP contribution in [-0.4, -0.2) is 61.4 Å². The van der Waals surface area contributed by atoms with Crippen molar-refractivity contribution in [2.75, 3.05) is 34.1 Å². The van der Waals surface area contributed by atoms with Crippen LogP contribution in [-0.2, 0) is 12.8 Å². The number of aliphatic hydroxyl groups excluding tert-OH is 2. The van der Waals surface area contributed by atoms with Crippen molar-refractivity contribution in [3.05, 3.63) is 46.5 Å². The molecule has 0 bridgehead atoms. The molecule has 2 fully saturated rings.